The molecule has 0 aliphatic heterocycles. The van der Waals surface area contributed by atoms with Crippen LogP contribution in [0.2, 0.25) is 0 Å². The number of benzene rings is 1. The normalized spacial score (nSPS) is 23.2. The smallest absolute Gasteiger partial charge is 0.0941 e. The van der Waals surface area contributed by atoms with Gasteiger partial charge in [0.15, 0.2) is 0 Å². The second kappa shape index (κ2) is 6.68. The minimum Gasteiger partial charge on any atom is -0.317 e. The Labute approximate surface area is 125 Å². The summed E-state index contributed by atoms with van der Waals surface area (Å²) in [5.41, 5.74) is 1.17. The van der Waals surface area contributed by atoms with E-state index in [0.29, 0.717) is 0 Å². The van der Waals surface area contributed by atoms with Gasteiger partial charge in [0.2, 0.25) is 0 Å². The summed E-state index contributed by atoms with van der Waals surface area (Å²) in [6, 6.07) is 8.51. The van der Waals surface area contributed by atoms with Crippen LogP contribution in [0.5, 0.6) is 0 Å². The molecule has 1 saturated carbocycles. The van der Waals surface area contributed by atoms with Crippen LogP contribution in [0.25, 0.3) is 10.2 Å². The summed E-state index contributed by atoms with van der Waals surface area (Å²) < 4.78 is 1.33. The number of para-hydroxylation sites is 1. The Morgan fingerprint density at radius 3 is 2.80 bits per heavy atom. The molecule has 2 nitrogen and oxygen atoms in total. The SMILES string of the molecule is CCNCC1CCCCC1Cc1nc2ccccc2s1. The van der Waals surface area contributed by atoms with E-state index >= 15 is 0 Å². The van der Waals surface area contributed by atoms with E-state index in [0.717, 1.165) is 18.4 Å². The third-order valence-corrected chi connectivity index (χ3v) is 5.56. The number of hydrogen-bond donors (Lipinski definition) is 1. The average Bonchev–Trinajstić information content (AvgIpc) is 2.88. The van der Waals surface area contributed by atoms with Crippen LogP contribution >= 0.6 is 11.3 Å². The highest BCUT2D eigenvalue weighted by Crippen LogP contribution is 2.34. The van der Waals surface area contributed by atoms with E-state index in [-0.39, 0.29) is 0 Å². The van der Waals surface area contributed by atoms with Gasteiger partial charge < -0.3 is 5.32 Å². The summed E-state index contributed by atoms with van der Waals surface area (Å²) in [5, 5.41) is 4.88. The molecule has 1 aliphatic rings. The fraction of sp³-hybridized carbons (Fsp3) is 0.588. The number of nitrogens with one attached hydrogen (secondary N) is 1. The zero-order valence-electron chi connectivity index (χ0n) is 12.3. The fourth-order valence-electron chi connectivity index (χ4n) is 3.38. The first-order valence-electron chi connectivity index (χ1n) is 7.92. The molecule has 1 aromatic heterocycles. The zero-order valence-corrected chi connectivity index (χ0v) is 13.1. The van der Waals surface area contributed by atoms with Gasteiger partial charge in [-0.2, -0.15) is 0 Å². The topological polar surface area (TPSA) is 24.9 Å². The maximum atomic E-state index is 4.82. The number of fused-ring (bicyclic) bond motifs is 1. The lowest BCUT2D eigenvalue weighted by Gasteiger charge is -2.31. The van der Waals surface area contributed by atoms with Crippen LogP contribution in [0, 0.1) is 11.8 Å². The number of thiazole rings is 1. The molecule has 0 bridgehead atoms. The predicted molar refractivity (Wildman–Crippen MR) is 87.3 cm³/mol. The number of rotatable bonds is 5. The first kappa shape index (κ1) is 14.0. The van der Waals surface area contributed by atoms with Crippen molar-refractivity contribution in [2.24, 2.45) is 11.8 Å². The molecule has 0 radical (unpaired) electrons. The second-order valence-electron chi connectivity index (χ2n) is 5.89. The first-order chi connectivity index (χ1) is 9.86. The number of nitrogens with zero attached hydrogens (tertiary/aromatic N) is 1. The maximum absolute atomic E-state index is 4.82. The van der Waals surface area contributed by atoms with Crippen LogP contribution < -0.4 is 5.32 Å². The average molecular weight is 288 g/mol. The Morgan fingerprint density at radius 1 is 1.20 bits per heavy atom. The molecule has 1 N–H and O–H groups in total. The largest absolute Gasteiger partial charge is 0.317 e. The van der Waals surface area contributed by atoms with Gasteiger partial charge in [0.25, 0.3) is 0 Å². The van der Waals surface area contributed by atoms with Gasteiger partial charge in [0, 0.05) is 6.42 Å². The van der Waals surface area contributed by atoms with Crippen molar-refractivity contribution in [2.45, 2.75) is 39.0 Å². The molecule has 1 fully saturated rings. The molecule has 1 aromatic carbocycles. The van der Waals surface area contributed by atoms with E-state index in [1.807, 2.05) is 11.3 Å². The Bertz CT molecular complexity index is 516. The van der Waals surface area contributed by atoms with Crippen LogP contribution in [0.3, 0.4) is 0 Å². The molecule has 1 aliphatic carbocycles. The third-order valence-electron chi connectivity index (χ3n) is 4.50. The lowest BCUT2D eigenvalue weighted by Crippen LogP contribution is -2.31. The van der Waals surface area contributed by atoms with E-state index in [1.54, 1.807) is 0 Å². The lowest BCUT2D eigenvalue weighted by atomic mass is 9.77. The van der Waals surface area contributed by atoms with E-state index in [2.05, 4.69) is 36.5 Å². The molecule has 0 spiro atoms. The molecule has 2 aromatic rings. The fourth-order valence-corrected chi connectivity index (χ4v) is 4.44. The Kier molecular flexibility index (Phi) is 4.69. The number of aromatic nitrogens is 1. The first-order valence-corrected chi connectivity index (χ1v) is 8.73. The molecule has 2 atom stereocenters. The van der Waals surface area contributed by atoms with Gasteiger partial charge in [-0.05, 0) is 49.9 Å². The molecule has 20 heavy (non-hydrogen) atoms. The van der Waals surface area contributed by atoms with E-state index in [9.17, 15) is 0 Å². The van der Waals surface area contributed by atoms with Crippen LogP contribution in [0.4, 0.5) is 0 Å². The molecule has 108 valence electrons. The Morgan fingerprint density at radius 2 is 2.00 bits per heavy atom. The van der Waals surface area contributed by atoms with E-state index in [1.165, 1.54) is 53.9 Å². The minimum absolute atomic E-state index is 0.823. The monoisotopic (exact) mass is 288 g/mol. The standard InChI is InChI=1S/C17H24N2S/c1-2-18-12-14-8-4-3-7-13(14)11-17-19-15-9-5-6-10-16(15)20-17/h5-6,9-10,13-14,18H,2-4,7-8,11-12H2,1H3. The van der Waals surface area contributed by atoms with Crippen LogP contribution in [0.15, 0.2) is 24.3 Å². The highest BCUT2D eigenvalue weighted by molar-refractivity contribution is 7.18. The quantitative estimate of drug-likeness (QED) is 0.889. The Balaban J connectivity index is 1.70. The summed E-state index contributed by atoms with van der Waals surface area (Å²) in [6.07, 6.45) is 6.76. The van der Waals surface area contributed by atoms with Gasteiger partial charge in [-0.25, -0.2) is 4.98 Å². The minimum atomic E-state index is 0.823. The van der Waals surface area contributed by atoms with Gasteiger partial charge >= 0.3 is 0 Å². The van der Waals surface area contributed by atoms with Gasteiger partial charge in [-0.1, -0.05) is 31.9 Å². The molecule has 1 heterocycles. The summed E-state index contributed by atoms with van der Waals surface area (Å²) >= 11 is 1.89. The summed E-state index contributed by atoms with van der Waals surface area (Å²) in [5.74, 6) is 1.67. The van der Waals surface area contributed by atoms with Gasteiger partial charge in [-0.15, -0.1) is 11.3 Å². The van der Waals surface area contributed by atoms with Crippen molar-refractivity contribution in [1.29, 1.82) is 0 Å². The van der Waals surface area contributed by atoms with Crippen molar-refractivity contribution in [3.8, 4) is 0 Å². The van der Waals surface area contributed by atoms with Gasteiger partial charge in [-0.3, -0.25) is 0 Å². The predicted octanol–water partition coefficient (Wildman–Crippen LogP) is 4.25. The van der Waals surface area contributed by atoms with Crippen LogP contribution in [-0.4, -0.2) is 18.1 Å². The highest BCUT2D eigenvalue weighted by Gasteiger charge is 2.25. The van der Waals surface area contributed by atoms with Gasteiger partial charge in [0.05, 0.1) is 15.2 Å². The number of hydrogen-bond acceptors (Lipinski definition) is 3. The van der Waals surface area contributed by atoms with Crippen molar-refractivity contribution in [3.63, 3.8) is 0 Å². The second-order valence-corrected chi connectivity index (χ2v) is 7.01. The van der Waals surface area contributed by atoms with Crippen LogP contribution in [-0.2, 0) is 6.42 Å². The van der Waals surface area contributed by atoms with E-state index in [4.69, 9.17) is 4.98 Å². The molecular formula is C17H24N2S. The molecule has 3 heteroatoms. The highest BCUT2D eigenvalue weighted by atomic mass is 32.1. The maximum Gasteiger partial charge on any atom is 0.0941 e. The van der Waals surface area contributed by atoms with Crippen molar-refractivity contribution in [3.05, 3.63) is 29.3 Å². The summed E-state index contributed by atoms with van der Waals surface area (Å²) in [4.78, 5) is 4.82. The zero-order chi connectivity index (χ0) is 13.8. The molecule has 2 unspecified atom stereocenters. The molecule has 0 saturated heterocycles. The Hall–Kier alpha value is -0.930. The summed E-state index contributed by atoms with van der Waals surface area (Å²) in [6.45, 7) is 4.47. The third kappa shape index (κ3) is 3.21. The summed E-state index contributed by atoms with van der Waals surface area (Å²) in [7, 11) is 0. The molecule has 0 amide bonds. The van der Waals surface area contributed by atoms with Crippen molar-refractivity contribution in [1.82, 2.24) is 10.3 Å². The van der Waals surface area contributed by atoms with E-state index < -0.39 is 0 Å². The van der Waals surface area contributed by atoms with Crippen molar-refractivity contribution >= 4 is 21.6 Å². The molecular weight excluding hydrogens is 264 g/mol. The molecule has 3 rings (SSSR count). The van der Waals surface area contributed by atoms with Crippen molar-refractivity contribution < 1.29 is 0 Å². The lowest BCUT2D eigenvalue weighted by molar-refractivity contribution is 0.229. The van der Waals surface area contributed by atoms with Gasteiger partial charge in [0.1, 0.15) is 0 Å². The van der Waals surface area contributed by atoms with Crippen LogP contribution in [0.1, 0.15) is 37.6 Å². The van der Waals surface area contributed by atoms with Crippen molar-refractivity contribution in [2.75, 3.05) is 13.1 Å².